The SMILES string of the molecule is O=C(O)C(Cc1ccccc1)SCCS. The number of hydrogen-bond donors (Lipinski definition) is 2. The zero-order chi connectivity index (χ0) is 11.1. The molecule has 0 saturated heterocycles. The molecule has 0 spiro atoms. The third-order valence-corrected chi connectivity index (χ3v) is 3.69. The molecular weight excluding hydrogens is 228 g/mol. The van der Waals surface area contributed by atoms with Crippen LogP contribution in [0.5, 0.6) is 0 Å². The highest BCUT2D eigenvalue weighted by molar-refractivity contribution is 8.01. The molecule has 15 heavy (non-hydrogen) atoms. The van der Waals surface area contributed by atoms with Crippen LogP contribution >= 0.6 is 24.4 Å². The Hall–Kier alpha value is -0.610. The third-order valence-electron chi connectivity index (χ3n) is 1.95. The Balaban J connectivity index is 2.55. The van der Waals surface area contributed by atoms with Crippen LogP contribution < -0.4 is 0 Å². The number of carbonyl (C=O) groups is 1. The zero-order valence-corrected chi connectivity index (χ0v) is 10.0. The van der Waals surface area contributed by atoms with Gasteiger partial charge in [0.2, 0.25) is 0 Å². The highest BCUT2D eigenvalue weighted by Gasteiger charge is 2.17. The fourth-order valence-corrected chi connectivity index (χ4v) is 2.40. The minimum Gasteiger partial charge on any atom is -0.480 e. The molecule has 1 rings (SSSR count). The van der Waals surface area contributed by atoms with Gasteiger partial charge in [-0.3, -0.25) is 4.79 Å². The van der Waals surface area contributed by atoms with E-state index < -0.39 is 5.97 Å². The van der Waals surface area contributed by atoms with Crippen molar-refractivity contribution in [2.75, 3.05) is 11.5 Å². The van der Waals surface area contributed by atoms with Crippen molar-refractivity contribution in [2.45, 2.75) is 11.7 Å². The van der Waals surface area contributed by atoms with Gasteiger partial charge in [-0.15, -0.1) is 11.8 Å². The van der Waals surface area contributed by atoms with E-state index in [2.05, 4.69) is 12.6 Å². The van der Waals surface area contributed by atoms with Crippen molar-refractivity contribution in [3.63, 3.8) is 0 Å². The molecule has 0 amide bonds. The summed E-state index contributed by atoms with van der Waals surface area (Å²) < 4.78 is 0. The van der Waals surface area contributed by atoms with E-state index >= 15 is 0 Å². The van der Waals surface area contributed by atoms with Gasteiger partial charge in [0.05, 0.1) is 0 Å². The molecule has 2 nitrogen and oxygen atoms in total. The first-order chi connectivity index (χ1) is 7.24. The number of aliphatic carboxylic acids is 1. The lowest BCUT2D eigenvalue weighted by molar-refractivity contribution is -0.136. The third kappa shape index (κ3) is 4.62. The second-order valence-electron chi connectivity index (χ2n) is 3.11. The molecule has 4 heteroatoms. The summed E-state index contributed by atoms with van der Waals surface area (Å²) in [6.07, 6.45) is 0.578. The minimum absolute atomic E-state index is 0.362. The summed E-state index contributed by atoms with van der Waals surface area (Å²) >= 11 is 5.52. The first-order valence-electron chi connectivity index (χ1n) is 4.73. The second-order valence-corrected chi connectivity index (χ2v) is 4.87. The normalized spacial score (nSPS) is 12.3. The smallest absolute Gasteiger partial charge is 0.316 e. The van der Waals surface area contributed by atoms with E-state index in [0.29, 0.717) is 12.2 Å². The largest absolute Gasteiger partial charge is 0.480 e. The van der Waals surface area contributed by atoms with Gasteiger partial charge in [-0.25, -0.2) is 0 Å². The van der Waals surface area contributed by atoms with Gasteiger partial charge in [-0.2, -0.15) is 12.6 Å². The molecule has 82 valence electrons. The van der Waals surface area contributed by atoms with Gasteiger partial charge in [0, 0.05) is 5.75 Å². The number of thioether (sulfide) groups is 1. The Morgan fingerprint density at radius 3 is 2.60 bits per heavy atom. The minimum atomic E-state index is -0.745. The van der Waals surface area contributed by atoms with E-state index in [-0.39, 0.29) is 5.25 Å². The number of hydrogen-bond acceptors (Lipinski definition) is 3. The summed E-state index contributed by atoms with van der Waals surface area (Å²) in [5.74, 6) is 0.738. The van der Waals surface area contributed by atoms with Crippen molar-refractivity contribution < 1.29 is 9.90 Å². The summed E-state index contributed by atoms with van der Waals surface area (Å²) in [6.45, 7) is 0. The molecule has 0 radical (unpaired) electrons. The molecule has 0 aliphatic carbocycles. The summed E-state index contributed by atoms with van der Waals surface area (Å²) in [5, 5.41) is 8.65. The van der Waals surface area contributed by atoms with Crippen molar-refractivity contribution in [1.29, 1.82) is 0 Å². The average molecular weight is 242 g/mol. The quantitative estimate of drug-likeness (QED) is 0.752. The van der Waals surface area contributed by atoms with Crippen LogP contribution in [-0.2, 0) is 11.2 Å². The lowest BCUT2D eigenvalue weighted by atomic mass is 10.1. The van der Waals surface area contributed by atoms with E-state index in [4.69, 9.17) is 5.11 Å². The summed E-state index contributed by atoms with van der Waals surface area (Å²) in [5.41, 5.74) is 1.07. The molecule has 1 atom stereocenters. The van der Waals surface area contributed by atoms with Gasteiger partial charge in [0.25, 0.3) is 0 Å². The lowest BCUT2D eigenvalue weighted by Gasteiger charge is -2.11. The monoisotopic (exact) mass is 242 g/mol. The lowest BCUT2D eigenvalue weighted by Crippen LogP contribution is -2.19. The Kier molecular flexibility index (Phi) is 5.65. The molecule has 0 aromatic heterocycles. The van der Waals surface area contributed by atoms with Gasteiger partial charge in [0.15, 0.2) is 0 Å². The van der Waals surface area contributed by atoms with Gasteiger partial charge >= 0.3 is 5.97 Å². The van der Waals surface area contributed by atoms with Crippen LogP contribution in [0.4, 0.5) is 0 Å². The number of carboxylic acid groups (broad SMARTS) is 1. The number of rotatable bonds is 6. The maximum absolute atomic E-state index is 11.0. The molecule has 1 unspecified atom stereocenters. The zero-order valence-electron chi connectivity index (χ0n) is 8.30. The van der Waals surface area contributed by atoms with Crippen molar-refractivity contribution in [1.82, 2.24) is 0 Å². The highest BCUT2D eigenvalue weighted by atomic mass is 32.2. The van der Waals surface area contributed by atoms with E-state index in [1.807, 2.05) is 30.3 Å². The van der Waals surface area contributed by atoms with Crippen LogP contribution in [0, 0.1) is 0 Å². The molecule has 0 aliphatic rings. The summed E-state index contributed by atoms with van der Waals surface area (Å²) in [4.78, 5) is 11.0. The molecule has 1 N–H and O–H groups in total. The molecule has 0 saturated carbocycles. The maximum atomic E-state index is 11.0. The molecule has 1 aromatic rings. The maximum Gasteiger partial charge on any atom is 0.316 e. The Morgan fingerprint density at radius 2 is 2.07 bits per heavy atom. The van der Waals surface area contributed by atoms with Crippen LogP contribution in [-0.4, -0.2) is 27.8 Å². The van der Waals surface area contributed by atoms with E-state index in [1.165, 1.54) is 11.8 Å². The summed E-state index contributed by atoms with van der Waals surface area (Å²) in [6, 6.07) is 9.70. The molecule has 0 aliphatic heterocycles. The predicted molar refractivity (Wildman–Crippen MR) is 67.9 cm³/mol. The van der Waals surface area contributed by atoms with Crippen LogP contribution in [0.15, 0.2) is 30.3 Å². The van der Waals surface area contributed by atoms with Gasteiger partial charge in [0.1, 0.15) is 5.25 Å². The first kappa shape index (κ1) is 12.5. The van der Waals surface area contributed by atoms with Crippen LogP contribution in [0.2, 0.25) is 0 Å². The molecule has 1 aromatic carbocycles. The molecule has 0 heterocycles. The predicted octanol–water partition coefficient (Wildman–Crippen LogP) is 2.35. The van der Waals surface area contributed by atoms with Gasteiger partial charge in [-0.1, -0.05) is 30.3 Å². The standard InChI is InChI=1S/C11H14O2S2/c12-11(13)10(15-7-6-14)8-9-4-2-1-3-5-9/h1-5,10,14H,6-8H2,(H,12,13). The highest BCUT2D eigenvalue weighted by Crippen LogP contribution is 2.17. The van der Waals surface area contributed by atoms with Crippen molar-refractivity contribution in [3.05, 3.63) is 35.9 Å². The van der Waals surface area contributed by atoms with E-state index in [0.717, 1.165) is 11.3 Å². The second kappa shape index (κ2) is 6.80. The Labute approximate surface area is 99.5 Å². The van der Waals surface area contributed by atoms with Crippen LogP contribution in [0.3, 0.4) is 0 Å². The van der Waals surface area contributed by atoms with Crippen molar-refractivity contribution in [3.8, 4) is 0 Å². The van der Waals surface area contributed by atoms with Gasteiger partial charge in [-0.05, 0) is 17.7 Å². The topological polar surface area (TPSA) is 37.3 Å². The van der Waals surface area contributed by atoms with Gasteiger partial charge < -0.3 is 5.11 Å². The Morgan fingerprint density at radius 1 is 1.40 bits per heavy atom. The van der Waals surface area contributed by atoms with Crippen LogP contribution in [0.1, 0.15) is 5.56 Å². The number of benzene rings is 1. The van der Waals surface area contributed by atoms with E-state index in [9.17, 15) is 4.79 Å². The summed E-state index contributed by atoms with van der Waals surface area (Å²) in [7, 11) is 0. The number of carboxylic acids is 1. The first-order valence-corrected chi connectivity index (χ1v) is 6.41. The molecule has 0 fully saturated rings. The van der Waals surface area contributed by atoms with Crippen molar-refractivity contribution in [2.24, 2.45) is 0 Å². The van der Waals surface area contributed by atoms with Crippen LogP contribution in [0.25, 0.3) is 0 Å². The van der Waals surface area contributed by atoms with Crippen molar-refractivity contribution >= 4 is 30.4 Å². The Bertz CT molecular complexity index is 301. The number of thiol groups is 1. The molecule has 0 bridgehead atoms. The fourth-order valence-electron chi connectivity index (χ4n) is 1.24. The molecular formula is C11H14O2S2. The average Bonchev–Trinajstić information content (AvgIpc) is 2.25. The fraction of sp³-hybridized carbons (Fsp3) is 0.364. The van der Waals surface area contributed by atoms with E-state index in [1.54, 1.807) is 0 Å².